The van der Waals surface area contributed by atoms with E-state index in [1.54, 1.807) is 12.1 Å². The number of nitrogens with two attached hydrogens (primary N) is 1. The summed E-state index contributed by atoms with van der Waals surface area (Å²) >= 11 is 3.10. The molecule has 0 amide bonds. The van der Waals surface area contributed by atoms with E-state index in [0.717, 1.165) is 19.3 Å². The molecule has 6 heteroatoms. The standard InChI is InChI=1S/C12H11BrFN3O/c13-8-3-2-7(6-9(8)14)10-16-11(17-18-10)12(15)4-1-5-12/h2-3,6H,1,4-5,15H2. The van der Waals surface area contributed by atoms with Crippen LogP contribution in [0.25, 0.3) is 11.5 Å². The van der Waals surface area contributed by atoms with E-state index >= 15 is 0 Å². The van der Waals surface area contributed by atoms with E-state index in [9.17, 15) is 4.39 Å². The second-order valence-corrected chi connectivity index (χ2v) is 5.42. The molecule has 2 aromatic rings. The highest BCUT2D eigenvalue weighted by Crippen LogP contribution is 2.37. The number of nitrogens with zero attached hydrogens (tertiary/aromatic N) is 2. The van der Waals surface area contributed by atoms with Crippen molar-refractivity contribution in [2.24, 2.45) is 5.73 Å². The fourth-order valence-electron chi connectivity index (χ4n) is 1.95. The van der Waals surface area contributed by atoms with Gasteiger partial charge in [-0.2, -0.15) is 4.98 Å². The molecule has 0 atom stereocenters. The van der Waals surface area contributed by atoms with Gasteiger partial charge < -0.3 is 10.3 Å². The minimum atomic E-state index is -0.463. The Morgan fingerprint density at radius 2 is 2.17 bits per heavy atom. The van der Waals surface area contributed by atoms with Gasteiger partial charge in [-0.25, -0.2) is 4.39 Å². The Hall–Kier alpha value is -1.27. The first-order chi connectivity index (χ1) is 8.58. The van der Waals surface area contributed by atoms with Crippen molar-refractivity contribution >= 4 is 15.9 Å². The zero-order chi connectivity index (χ0) is 12.8. The molecule has 0 aliphatic heterocycles. The van der Waals surface area contributed by atoms with Crippen LogP contribution in [-0.2, 0) is 5.54 Å². The van der Waals surface area contributed by atoms with Crippen LogP contribution in [-0.4, -0.2) is 10.1 Å². The monoisotopic (exact) mass is 311 g/mol. The van der Waals surface area contributed by atoms with Crippen LogP contribution in [0.4, 0.5) is 4.39 Å². The minimum Gasteiger partial charge on any atom is -0.334 e. The van der Waals surface area contributed by atoms with Gasteiger partial charge >= 0.3 is 0 Å². The summed E-state index contributed by atoms with van der Waals surface area (Å²) in [5.74, 6) is 0.443. The van der Waals surface area contributed by atoms with Crippen molar-refractivity contribution in [3.63, 3.8) is 0 Å². The second-order valence-electron chi connectivity index (χ2n) is 4.56. The Balaban J connectivity index is 1.95. The lowest BCUT2D eigenvalue weighted by Gasteiger charge is -2.34. The maximum atomic E-state index is 13.4. The first kappa shape index (κ1) is 11.8. The smallest absolute Gasteiger partial charge is 0.258 e. The van der Waals surface area contributed by atoms with Gasteiger partial charge in [0.2, 0.25) is 0 Å². The molecule has 1 aliphatic rings. The van der Waals surface area contributed by atoms with Gasteiger partial charge in [-0.05, 0) is 53.4 Å². The first-order valence-corrected chi connectivity index (χ1v) is 6.46. The van der Waals surface area contributed by atoms with Crippen molar-refractivity contribution in [3.05, 3.63) is 34.3 Å². The Kier molecular flexibility index (Phi) is 2.71. The summed E-state index contributed by atoms with van der Waals surface area (Å²) in [6, 6.07) is 4.68. The highest BCUT2D eigenvalue weighted by atomic mass is 79.9. The number of halogens is 2. The average Bonchev–Trinajstić information content (AvgIpc) is 2.79. The summed E-state index contributed by atoms with van der Waals surface area (Å²) in [6.07, 6.45) is 2.80. The summed E-state index contributed by atoms with van der Waals surface area (Å²) in [7, 11) is 0. The molecule has 1 aromatic carbocycles. The maximum Gasteiger partial charge on any atom is 0.258 e. The van der Waals surface area contributed by atoms with Gasteiger partial charge in [0, 0.05) is 5.56 Å². The van der Waals surface area contributed by atoms with Gasteiger partial charge in [-0.1, -0.05) is 5.16 Å². The summed E-state index contributed by atoms with van der Waals surface area (Å²) < 4.78 is 19.0. The Bertz CT molecular complexity index is 595. The lowest BCUT2D eigenvalue weighted by Crippen LogP contribution is -2.44. The van der Waals surface area contributed by atoms with E-state index < -0.39 is 5.54 Å². The molecule has 1 heterocycles. The van der Waals surface area contributed by atoms with Crippen LogP contribution in [0.3, 0.4) is 0 Å². The Labute approximate surface area is 112 Å². The van der Waals surface area contributed by atoms with E-state index in [2.05, 4.69) is 26.1 Å². The van der Waals surface area contributed by atoms with Gasteiger partial charge in [0.1, 0.15) is 5.82 Å². The number of benzene rings is 1. The zero-order valence-electron chi connectivity index (χ0n) is 9.49. The summed E-state index contributed by atoms with van der Waals surface area (Å²) in [6.45, 7) is 0. The predicted octanol–water partition coefficient (Wildman–Crippen LogP) is 2.98. The van der Waals surface area contributed by atoms with Crippen LogP contribution in [0.5, 0.6) is 0 Å². The highest BCUT2D eigenvalue weighted by molar-refractivity contribution is 9.10. The maximum absolute atomic E-state index is 13.4. The van der Waals surface area contributed by atoms with E-state index in [0.29, 0.717) is 21.8 Å². The van der Waals surface area contributed by atoms with Crippen LogP contribution in [0.15, 0.2) is 27.2 Å². The molecule has 1 saturated carbocycles. The van der Waals surface area contributed by atoms with Gasteiger partial charge in [-0.3, -0.25) is 0 Å². The van der Waals surface area contributed by atoms with Crippen LogP contribution >= 0.6 is 15.9 Å². The minimum absolute atomic E-state index is 0.299. The predicted molar refractivity (Wildman–Crippen MR) is 67.1 cm³/mol. The first-order valence-electron chi connectivity index (χ1n) is 5.67. The van der Waals surface area contributed by atoms with Crippen molar-refractivity contribution < 1.29 is 8.91 Å². The van der Waals surface area contributed by atoms with Crippen LogP contribution < -0.4 is 5.73 Å². The number of aromatic nitrogens is 2. The molecule has 94 valence electrons. The van der Waals surface area contributed by atoms with Gasteiger partial charge in [0.25, 0.3) is 5.89 Å². The molecule has 1 aromatic heterocycles. The summed E-state index contributed by atoms with van der Waals surface area (Å²) in [5, 5.41) is 3.89. The SMILES string of the molecule is NC1(c2noc(-c3ccc(Br)c(F)c3)n2)CCC1. The molecule has 0 unspecified atom stereocenters. The fourth-order valence-corrected chi connectivity index (χ4v) is 2.20. The highest BCUT2D eigenvalue weighted by Gasteiger charge is 2.39. The molecule has 4 nitrogen and oxygen atoms in total. The molecule has 0 saturated heterocycles. The van der Waals surface area contributed by atoms with Crippen molar-refractivity contribution in [3.8, 4) is 11.5 Å². The lowest BCUT2D eigenvalue weighted by molar-refractivity contribution is 0.229. The number of hydrogen-bond donors (Lipinski definition) is 1. The van der Waals surface area contributed by atoms with Gasteiger partial charge in [-0.15, -0.1) is 0 Å². The topological polar surface area (TPSA) is 64.9 Å². The zero-order valence-corrected chi connectivity index (χ0v) is 11.1. The largest absolute Gasteiger partial charge is 0.334 e. The Morgan fingerprint density at radius 1 is 1.39 bits per heavy atom. The lowest BCUT2D eigenvalue weighted by atomic mass is 9.77. The molecular formula is C12H11BrFN3O. The molecule has 0 bridgehead atoms. The molecule has 0 spiro atoms. The Morgan fingerprint density at radius 3 is 2.78 bits per heavy atom. The third-order valence-electron chi connectivity index (χ3n) is 3.28. The van der Waals surface area contributed by atoms with E-state index in [-0.39, 0.29) is 5.82 Å². The molecular weight excluding hydrogens is 301 g/mol. The summed E-state index contributed by atoms with van der Waals surface area (Å²) in [4.78, 5) is 4.26. The third kappa shape index (κ3) is 1.85. The molecule has 3 rings (SSSR count). The van der Waals surface area contributed by atoms with E-state index in [1.807, 2.05) is 0 Å². The van der Waals surface area contributed by atoms with Crippen LogP contribution in [0.2, 0.25) is 0 Å². The molecule has 18 heavy (non-hydrogen) atoms. The average molecular weight is 312 g/mol. The van der Waals surface area contributed by atoms with Crippen molar-refractivity contribution in [1.29, 1.82) is 0 Å². The molecule has 1 fully saturated rings. The number of rotatable bonds is 2. The van der Waals surface area contributed by atoms with Crippen molar-refractivity contribution in [1.82, 2.24) is 10.1 Å². The van der Waals surface area contributed by atoms with Crippen molar-refractivity contribution in [2.45, 2.75) is 24.8 Å². The van der Waals surface area contributed by atoms with E-state index in [1.165, 1.54) is 6.07 Å². The van der Waals surface area contributed by atoms with Crippen LogP contribution in [0.1, 0.15) is 25.1 Å². The molecule has 0 radical (unpaired) electrons. The summed E-state index contributed by atoms with van der Waals surface area (Å²) in [5.41, 5.74) is 6.19. The quantitative estimate of drug-likeness (QED) is 0.926. The van der Waals surface area contributed by atoms with Crippen LogP contribution in [0, 0.1) is 5.82 Å². The van der Waals surface area contributed by atoms with Gasteiger partial charge in [0.15, 0.2) is 5.82 Å². The second kappa shape index (κ2) is 4.13. The number of hydrogen-bond acceptors (Lipinski definition) is 4. The van der Waals surface area contributed by atoms with Gasteiger partial charge in [0.05, 0.1) is 10.0 Å². The van der Waals surface area contributed by atoms with Crippen molar-refractivity contribution in [2.75, 3.05) is 0 Å². The fraction of sp³-hybridized carbons (Fsp3) is 0.333. The third-order valence-corrected chi connectivity index (χ3v) is 3.93. The molecule has 1 aliphatic carbocycles. The normalized spacial score (nSPS) is 17.5. The molecule has 2 N–H and O–H groups in total. The van der Waals surface area contributed by atoms with E-state index in [4.69, 9.17) is 10.3 Å².